The number of hydrogen-bond donors (Lipinski definition) is 0. The van der Waals surface area contributed by atoms with Gasteiger partial charge < -0.3 is 0 Å². The number of nitro groups is 1. The van der Waals surface area contributed by atoms with E-state index in [1.165, 1.54) is 30.3 Å². The third-order valence-corrected chi connectivity index (χ3v) is 8.39. The number of para-hydroxylation sites is 3. The van der Waals surface area contributed by atoms with Crippen molar-refractivity contribution in [2.45, 2.75) is 25.3 Å². The van der Waals surface area contributed by atoms with E-state index in [1.54, 1.807) is 23.2 Å². The molecular weight excluding hydrogens is 522 g/mol. The van der Waals surface area contributed by atoms with Gasteiger partial charge in [-0.05, 0) is 41.9 Å². The predicted octanol–water partition coefficient (Wildman–Crippen LogP) is 6.70. The third kappa shape index (κ3) is 4.06. The van der Waals surface area contributed by atoms with Gasteiger partial charge in [0.2, 0.25) is 4.99 Å². The molecule has 6 rings (SSSR count). The molecule has 0 unspecified atom stereocenters. The zero-order valence-electron chi connectivity index (χ0n) is 21.9. The van der Waals surface area contributed by atoms with Gasteiger partial charge in [-0.2, -0.15) is 10.2 Å². The lowest BCUT2D eigenvalue weighted by Gasteiger charge is -2.46. The maximum Gasteiger partial charge on any atom is 0.294 e. The molecule has 0 aromatic heterocycles. The second-order valence-electron chi connectivity index (χ2n) is 9.42. The highest BCUT2D eigenvalue weighted by Crippen LogP contribution is 2.56. The number of Topliss-reactive ketones (excluding diaryl/α,β-unsaturated/α-hetero) is 1. The summed E-state index contributed by atoms with van der Waals surface area (Å²) in [4.78, 5) is 23.3. The van der Waals surface area contributed by atoms with Gasteiger partial charge >= 0.3 is 0 Å². The Labute approximate surface area is 235 Å². The Morgan fingerprint density at radius 3 is 2.25 bits per heavy atom. The number of thioether (sulfide) groups is 1. The lowest BCUT2D eigenvalue weighted by molar-refractivity contribution is -0.384. The number of rotatable bonds is 6. The molecule has 0 N–H and O–H groups in total. The first-order valence-corrected chi connectivity index (χ1v) is 13.7. The van der Waals surface area contributed by atoms with Crippen LogP contribution in [0.15, 0.2) is 113 Å². The summed E-state index contributed by atoms with van der Waals surface area (Å²) in [5.74, 6) is -0.235. The van der Waals surface area contributed by atoms with E-state index in [1.807, 2.05) is 59.6 Å². The number of fused-ring (bicyclic) bond motifs is 2. The van der Waals surface area contributed by atoms with Crippen LogP contribution in [0.4, 0.5) is 17.1 Å². The summed E-state index contributed by atoms with van der Waals surface area (Å²) < 4.78 is 0. The Kier molecular flexibility index (Phi) is 6.43. The van der Waals surface area contributed by atoms with E-state index < -0.39 is 9.92 Å². The number of ketones is 1. The maximum absolute atomic E-state index is 12.8. The molecule has 4 aromatic carbocycles. The fraction of sp³-hybridized carbons (Fsp3) is 0.129. The van der Waals surface area contributed by atoms with E-state index in [0.717, 1.165) is 34.5 Å². The second kappa shape index (κ2) is 10.1. The first-order chi connectivity index (χ1) is 19.4. The van der Waals surface area contributed by atoms with Crippen LogP contribution in [-0.2, 0) is 16.2 Å². The van der Waals surface area contributed by atoms with Crippen molar-refractivity contribution in [1.82, 2.24) is 0 Å². The van der Waals surface area contributed by atoms with Gasteiger partial charge in [-0.25, -0.2) is 10.0 Å². The molecule has 40 heavy (non-hydrogen) atoms. The summed E-state index contributed by atoms with van der Waals surface area (Å²) in [5.41, 5.74) is 5.47. The number of benzene rings is 4. The van der Waals surface area contributed by atoms with Crippen LogP contribution >= 0.6 is 11.8 Å². The molecule has 0 aliphatic carbocycles. The van der Waals surface area contributed by atoms with E-state index in [4.69, 9.17) is 10.2 Å². The zero-order chi connectivity index (χ0) is 27.9. The molecular formula is C31H25N5O3S. The highest BCUT2D eigenvalue weighted by atomic mass is 32.2. The molecule has 0 amide bonds. The minimum absolute atomic E-state index is 0.119. The van der Waals surface area contributed by atoms with Gasteiger partial charge in [-0.15, -0.1) is 0 Å². The van der Waals surface area contributed by atoms with E-state index in [9.17, 15) is 14.9 Å². The van der Waals surface area contributed by atoms with Gasteiger partial charge in [0.05, 0.1) is 16.3 Å². The molecule has 0 saturated heterocycles. The Morgan fingerprint density at radius 2 is 1.55 bits per heavy atom. The lowest BCUT2D eigenvalue weighted by atomic mass is 9.92. The summed E-state index contributed by atoms with van der Waals surface area (Å²) in [6.07, 6.45) is 0.926. The number of hydrazone groups is 2. The van der Waals surface area contributed by atoms with Crippen molar-refractivity contribution in [3.8, 4) is 0 Å². The highest BCUT2D eigenvalue weighted by Gasteiger charge is 2.56. The maximum atomic E-state index is 12.8. The molecule has 2 aliphatic heterocycles. The van der Waals surface area contributed by atoms with Crippen molar-refractivity contribution in [3.05, 3.63) is 135 Å². The molecule has 4 aromatic rings. The van der Waals surface area contributed by atoms with Gasteiger partial charge in [0.25, 0.3) is 5.69 Å². The topological polar surface area (TPSA) is 91.4 Å². The summed E-state index contributed by atoms with van der Waals surface area (Å²) >= 11 is 1.24. The predicted molar refractivity (Wildman–Crippen MR) is 160 cm³/mol. The number of hydrogen-bond acceptors (Lipinski definition) is 8. The van der Waals surface area contributed by atoms with Crippen LogP contribution in [0.2, 0.25) is 0 Å². The first-order valence-electron chi connectivity index (χ1n) is 12.9. The molecule has 2 heterocycles. The molecule has 198 valence electrons. The van der Waals surface area contributed by atoms with Crippen molar-refractivity contribution >= 4 is 45.4 Å². The first kappa shape index (κ1) is 25.5. The van der Waals surface area contributed by atoms with Crippen molar-refractivity contribution in [2.75, 3.05) is 10.0 Å². The average molecular weight is 548 g/mol. The van der Waals surface area contributed by atoms with Crippen LogP contribution in [0.3, 0.4) is 0 Å². The van der Waals surface area contributed by atoms with E-state index in [-0.39, 0.29) is 22.2 Å². The van der Waals surface area contributed by atoms with Crippen LogP contribution < -0.4 is 10.0 Å². The molecule has 8 nitrogen and oxygen atoms in total. The SMILES string of the molecule is CCc1ccc(C2=NN(c3ccccc3)[C@]3(SC(C(C)=O)=NN3c3ccccc3[N+](=O)[O-])c3ccccc32)cc1. The normalized spacial score (nSPS) is 17.9. The monoisotopic (exact) mass is 547 g/mol. The Hall–Kier alpha value is -4.76. The molecule has 0 fully saturated rings. The van der Waals surface area contributed by atoms with Crippen molar-refractivity contribution in [1.29, 1.82) is 0 Å². The van der Waals surface area contributed by atoms with E-state index in [0.29, 0.717) is 0 Å². The number of carbonyl (C=O) groups excluding carboxylic acids is 1. The summed E-state index contributed by atoms with van der Waals surface area (Å²) in [5, 5.41) is 25.8. The number of nitrogens with zero attached hydrogens (tertiary/aromatic N) is 5. The summed E-state index contributed by atoms with van der Waals surface area (Å²) in [6.45, 7) is 3.57. The smallest absolute Gasteiger partial charge is 0.292 e. The van der Waals surface area contributed by atoms with Gasteiger partial charge in [0, 0.05) is 29.7 Å². The highest BCUT2D eigenvalue weighted by molar-refractivity contribution is 8.17. The van der Waals surface area contributed by atoms with Crippen LogP contribution in [0.25, 0.3) is 0 Å². The number of anilines is 2. The molecule has 1 spiro atoms. The van der Waals surface area contributed by atoms with E-state index >= 15 is 0 Å². The standard InChI is InChI=1S/C31H25N5O3S/c1-3-22-17-19-23(20-18-22)29-25-13-7-8-14-26(25)31(34(32-29)24-11-5-4-6-12-24)35(33-30(40-31)21(2)37)27-15-9-10-16-28(27)36(38)39/h4-20H,3H2,1-2H3/t31-/m1/s1. The second-order valence-corrected chi connectivity index (χ2v) is 10.6. The fourth-order valence-electron chi connectivity index (χ4n) is 5.04. The largest absolute Gasteiger partial charge is 0.294 e. The molecule has 2 aliphatic rings. The van der Waals surface area contributed by atoms with Gasteiger partial charge in [0.15, 0.2) is 10.8 Å². The fourth-order valence-corrected chi connectivity index (χ4v) is 6.32. The molecule has 0 bridgehead atoms. The number of carbonyl (C=O) groups is 1. The van der Waals surface area contributed by atoms with Gasteiger partial charge in [0.1, 0.15) is 5.69 Å². The van der Waals surface area contributed by atoms with Crippen molar-refractivity contribution in [2.24, 2.45) is 10.2 Å². The molecule has 0 radical (unpaired) electrons. The zero-order valence-corrected chi connectivity index (χ0v) is 22.7. The molecule has 9 heteroatoms. The van der Waals surface area contributed by atoms with Gasteiger partial charge in [-0.3, -0.25) is 14.9 Å². The summed E-state index contributed by atoms with van der Waals surface area (Å²) in [6, 6.07) is 32.2. The minimum atomic E-state index is -1.25. The lowest BCUT2D eigenvalue weighted by Crippen LogP contribution is -2.54. The van der Waals surface area contributed by atoms with Crippen molar-refractivity contribution in [3.63, 3.8) is 0 Å². The molecule has 1 atom stereocenters. The third-order valence-electron chi connectivity index (χ3n) is 6.98. The quantitative estimate of drug-likeness (QED) is 0.197. The van der Waals surface area contributed by atoms with Crippen LogP contribution in [0.5, 0.6) is 0 Å². The number of nitro benzene ring substituents is 1. The number of aryl methyl sites for hydroxylation is 1. The average Bonchev–Trinajstić information content (AvgIpc) is 3.39. The van der Waals surface area contributed by atoms with Crippen LogP contribution in [-0.4, -0.2) is 21.5 Å². The molecule has 0 saturated carbocycles. The van der Waals surface area contributed by atoms with Crippen molar-refractivity contribution < 1.29 is 9.72 Å². The summed E-state index contributed by atoms with van der Waals surface area (Å²) in [7, 11) is 0. The van der Waals surface area contributed by atoms with Gasteiger partial charge in [-0.1, -0.05) is 85.8 Å². The Bertz CT molecular complexity index is 1690. The van der Waals surface area contributed by atoms with Crippen LogP contribution in [0.1, 0.15) is 36.1 Å². The Morgan fingerprint density at radius 1 is 0.875 bits per heavy atom. The van der Waals surface area contributed by atoms with E-state index in [2.05, 4.69) is 31.2 Å². The Balaban J connectivity index is 1.67. The minimum Gasteiger partial charge on any atom is -0.292 e. The van der Waals surface area contributed by atoms with Crippen LogP contribution in [0, 0.1) is 10.1 Å².